The standard InChI is InChI=1S/C24H25ClN6O3/c25-22-19-5-1-2-6-20(19)23-27-30(17-8-10-18(11-9-17)31(32)33)24(28-13-15-34-16-14-28)12-4-3-7-21(24)29(23)26-22/h1-2,5-6,8-11,21H,3-4,7,12-16H2. The predicted molar refractivity (Wildman–Crippen MR) is 130 cm³/mol. The van der Waals surface area contributed by atoms with E-state index < -0.39 is 5.66 Å². The first-order valence-electron chi connectivity index (χ1n) is 11.7. The molecular weight excluding hydrogens is 456 g/mol. The van der Waals surface area contributed by atoms with Crippen LogP contribution in [0.15, 0.2) is 58.7 Å². The number of halogens is 1. The van der Waals surface area contributed by atoms with Gasteiger partial charge in [0, 0.05) is 36.3 Å². The van der Waals surface area contributed by atoms with E-state index in [4.69, 9.17) is 26.5 Å². The molecule has 4 aliphatic rings. The van der Waals surface area contributed by atoms with Gasteiger partial charge >= 0.3 is 0 Å². The largest absolute Gasteiger partial charge is 0.379 e. The molecule has 1 saturated carbocycles. The SMILES string of the molecule is O=[N+]([O-])c1ccc(N2N=C3c4ccccc4C(Cl)=NN3C3CCCCC32N2CCOCC2)cc1. The molecule has 0 N–H and O–H groups in total. The van der Waals surface area contributed by atoms with Crippen molar-refractivity contribution in [2.45, 2.75) is 37.4 Å². The Morgan fingerprint density at radius 1 is 1.03 bits per heavy atom. The molecule has 9 nitrogen and oxygen atoms in total. The number of hydrogen-bond acceptors (Lipinski definition) is 8. The molecule has 0 spiro atoms. The third-order valence-corrected chi connectivity index (χ3v) is 7.61. The summed E-state index contributed by atoms with van der Waals surface area (Å²) < 4.78 is 5.69. The van der Waals surface area contributed by atoms with E-state index in [0.717, 1.165) is 61.4 Å². The van der Waals surface area contributed by atoms with Crippen LogP contribution >= 0.6 is 11.6 Å². The van der Waals surface area contributed by atoms with Crippen molar-refractivity contribution in [1.29, 1.82) is 0 Å². The number of anilines is 1. The van der Waals surface area contributed by atoms with E-state index in [-0.39, 0.29) is 16.7 Å². The maximum atomic E-state index is 11.3. The summed E-state index contributed by atoms with van der Waals surface area (Å²) >= 11 is 6.67. The first-order valence-corrected chi connectivity index (χ1v) is 12.1. The van der Waals surface area contributed by atoms with Gasteiger partial charge in [-0.2, -0.15) is 10.2 Å². The Hall–Kier alpha value is -3.01. The van der Waals surface area contributed by atoms with Crippen molar-refractivity contribution in [3.63, 3.8) is 0 Å². The maximum absolute atomic E-state index is 11.3. The number of fused-ring (bicyclic) bond motifs is 5. The highest BCUT2D eigenvalue weighted by molar-refractivity contribution is 6.70. The molecule has 34 heavy (non-hydrogen) atoms. The highest BCUT2D eigenvalue weighted by Crippen LogP contribution is 2.47. The second-order valence-electron chi connectivity index (χ2n) is 9.03. The molecule has 2 aromatic carbocycles. The molecule has 2 fully saturated rings. The van der Waals surface area contributed by atoms with Gasteiger partial charge in [-0.25, -0.2) is 10.0 Å². The Labute approximate surface area is 202 Å². The zero-order valence-electron chi connectivity index (χ0n) is 18.6. The van der Waals surface area contributed by atoms with E-state index in [1.807, 2.05) is 29.3 Å². The van der Waals surface area contributed by atoms with Crippen LogP contribution in [-0.4, -0.2) is 63.8 Å². The molecule has 2 aromatic rings. The average Bonchev–Trinajstić information content (AvgIpc) is 2.89. The molecule has 2 atom stereocenters. The Kier molecular flexibility index (Phi) is 5.28. The Balaban J connectivity index is 1.57. The Morgan fingerprint density at radius 2 is 1.76 bits per heavy atom. The number of nitro groups is 1. The van der Waals surface area contributed by atoms with E-state index >= 15 is 0 Å². The van der Waals surface area contributed by atoms with Crippen molar-refractivity contribution in [2.24, 2.45) is 10.2 Å². The van der Waals surface area contributed by atoms with Gasteiger partial charge in [0.2, 0.25) is 0 Å². The summed E-state index contributed by atoms with van der Waals surface area (Å²) in [6.45, 7) is 2.89. The van der Waals surface area contributed by atoms with Gasteiger partial charge in [-0.15, -0.1) is 0 Å². The highest BCUT2D eigenvalue weighted by Gasteiger charge is 2.57. The normalized spacial score (nSPS) is 26.7. The first-order chi connectivity index (χ1) is 16.6. The van der Waals surface area contributed by atoms with Gasteiger partial charge in [0.25, 0.3) is 5.69 Å². The molecule has 176 valence electrons. The minimum Gasteiger partial charge on any atom is -0.379 e. The lowest BCUT2D eigenvalue weighted by molar-refractivity contribution is -0.384. The van der Waals surface area contributed by atoms with Crippen LogP contribution in [0.2, 0.25) is 0 Å². The van der Waals surface area contributed by atoms with E-state index in [1.54, 1.807) is 24.3 Å². The van der Waals surface area contributed by atoms with Gasteiger partial charge < -0.3 is 4.74 Å². The number of non-ortho nitro benzene ring substituents is 1. The van der Waals surface area contributed by atoms with Crippen molar-refractivity contribution >= 4 is 34.0 Å². The number of nitrogens with zero attached hydrogens (tertiary/aromatic N) is 6. The molecule has 0 bridgehead atoms. The number of benzene rings is 2. The summed E-state index contributed by atoms with van der Waals surface area (Å²) in [7, 11) is 0. The van der Waals surface area contributed by atoms with Gasteiger partial charge in [0.15, 0.2) is 11.0 Å². The van der Waals surface area contributed by atoms with E-state index in [1.165, 1.54) is 0 Å². The molecule has 0 aromatic heterocycles. The zero-order chi connectivity index (χ0) is 23.3. The number of hydrogen-bond donors (Lipinski definition) is 0. The first kappa shape index (κ1) is 21.5. The number of ether oxygens (including phenoxy) is 1. The minimum absolute atomic E-state index is 0.0177. The van der Waals surface area contributed by atoms with Crippen LogP contribution in [0, 0.1) is 10.1 Å². The van der Waals surface area contributed by atoms with Crippen molar-refractivity contribution < 1.29 is 9.66 Å². The second-order valence-corrected chi connectivity index (χ2v) is 9.39. The van der Waals surface area contributed by atoms with Gasteiger partial charge in [-0.05, 0) is 31.4 Å². The van der Waals surface area contributed by atoms with Crippen LogP contribution in [0.25, 0.3) is 0 Å². The molecular formula is C24H25ClN6O3. The van der Waals surface area contributed by atoms with Crippen molar-refractivity contribution in [3.8, 4) is 0 Å². The summed E-state index contributed by atoms with van der Waals surface area (Å²) in [6, 6.07) is 14.6. The Bertz CT molecular complexity index is 1180. The monoisotopic (exact) mass is 480 g/mol. The maximum Gasteiger partial charge on any atom is 0.269 e. The zero-order valence-corrected chi connectivity index (χ0v) is 19.4. The topological polar surface area (TPSA) is 86.8 Å². The lowest BCUT2D eigenvalue weighted by Gasteiger charge is -2.60. The third kappa shape index (κ3) is 3.22. The lowest BCUT2D eigenvalue weighted by atomic mass is 9.80. The second kappa shape index (κ2) is 8.33. The number of hydrazone groups is 2. The Morgan fingerprint density at radius 3 is 2.50 bits per heavy atom. The summed E-state index contributed by atoms with van der Waals surface area (Å²) in [6.07, 6.45) is 3.99. The molecule has 6 rings (SSSR count). The van der Waals surface area contributed by atoms with E-state index in [0.29, 0.717) is 18.4 Å². The molecule has 0 radical (unpaired) electrons. The molecule has 3 heterocycles. The molecule has 0 amide bonds. The lowest BCUT2D eigenvalue weighted by Crippen LogP contribution is -2.75. The molecule has 1 saturated heterocycles. The van der Waals surface area contributed by atoms with Crippen molar-refractivity contribution in [1.82, 2.24) is 9.91 Å². The van der Waals surface area contributed by atoms with E-state index in [9.17, 15) is 10.1 Å². The van der Waals surface area contributed by atoms with Crippen LogP contribution in [0.1, 0.15) is 36.8 Å². The summed E-state index contributed by atoms with van der Waals surface area (Å²) in [4.78, 5) is 13.4. The minimum atomic E-state index is -0.464. The van der Waals surface area contributed by atoms with Crippen molar-refractivity contribution in [2.75, 3.05) is 31.3 Å². The van der Waals surface area contributed by atoms with Gasteiger partial charge in [-0.3, -0.25) is 15.0 Å². The third-order valence-electron chi connectivity index (χ3n) is 7.33. The smallest absolute Gasteiger partial charge is 0.269 e. The quantitative estimate of drug-likeness (QED) is 0.488. The predicted octanol–water partition coefficient (Wildman–Crippen LogP) is 3.96. The van der Waals surface area contributed by atoms with E-state index in [2.05, 4.69) is 9.91 Å². The van der Waals surface area contributed by atoms with Crippen LogP contribution in [0.4, 0.5) is 11.4 Å². The molecule has 1 aliphatic carbocycles. The number of amidine groups is 1. The summed E-state index contributed by atoms with van der Waals surface area (Å²) in [5, 5.41) is 26.0. The summed E-state index contributed by atoms with van der Waals surface area (Å²) in [5.74, 6) is 0.758. The van der Waals surface area contributed by atoms with Crippen LogP contribution < -0.4 is 5.01 Å². The average molecular weight is 481 g/mol. The molecule has 10 heteroatoms. The number of rotatable bonds is 3. The molecule has 2 unspecified atom stereocenters. The van der Waals surface area contributed by atoms with Crippen LogP contribution in [0.5, 0.6) is 0 Å². The fraction of sp³-hybridized carbons (Fsp3) is 0.417. The van der Waals surface area contributed by atoms with Gasteiger partial charge in [-0.1, -0.05) is 42.3 Å². The van der Waals surface area contributed by atoms with Gasteiger partial charge in [0.05, 0.1) is 29.9 Å². The van der Waals surface area contributed by atoms with Crippen molar-refractivity contribution in [3.05, 3.63) is 69.8 Å². The summed E-state index contributed by atoms with van der Waals surface area (Å²) in [5.41, 5.74) is 2.23. The number of nitro benzene ring substituents is 1. The van der Waals surface area contributed by atoms with Gasteiger partial charge in [0.1, 0.15) is 5.66 Å². The van der Waals surface area contributed by atoms with Crippen LogP contribution in [0.3, 0.4) is 0 Å². The fourth-order valence-corrected chi connectivity index (χ4v) is 6.06. The molecule has 3 aliphatic heterocycles. The van der Waals surface area contributed by atoms with Crippen LogP contribution in [-0.2, 0) is 4.74 Å². The number of morpholine rings is 1. The fourth-order valence-electron chi connectivity index (χ4n) is 5.81. The highest BCUT2D eigenvalue weighted by atomic mass is 35.5.